The Hall–Kier alpha value is -1.88. The molecule has 0 bridgehead atoms. The molecule has 5 heteroatoms. The van der Waals surface area contributed by atoms with Gasteiger partial charge >= 0.3 is 0 Å². The second-order valence-electron chi connectivity index (χ2n) is 3.75. The van der Waals surface area contributed by atoms with E-state index in [1.807, 2.05) is 0 Å². The Labute approximate surface area is 103 Å². The summed E-state index contributed by atoms with van der Waals surface area (Å²) in [4.78, 5) is 15.9. The molecule has 2 N–H and O–H groups in total. The summed E-state index contributed by atoms with van der Waals surface area (Å²) in [5.41, 5.74) is 1.90. The summed E-state index contributed by atoms with van der Waals surface area (Å²) >= 11 is 1.37. The van der Waals surface area contributed by atoms with Crippen molar-refractivity contribution in [1.29, 1.82) is 0 Å². The van der Waals surface area contributed by atoms with Crippen molar-refractivity contribution in [2.24, 2.45) is 0 Å². The molecule has 0 radical (unpaired) electrons. The summed E-state index contributed by atoms with van der Waals surface area (Å²) in [6, 6.07) is 3.32. The number of aryl methyl sites for hydroxylation is 2. The first kappa shape index (κ1) is 11.6. The van der Waals surface area contributed by atoms with Crippen LogP contribution in [0.2, 0.25) is 0 Å². The number of benzene rings is 1. The third-order valence-electron chi connectivity index (χ3n) is 2.41. The highest BCUT2D eigenvalue weighted by Crippen LogP contribution is 2.23. The normalized spacial score (nSPS) is 10.2. The van der Waals surface area contributed by atoms with Gasteiger partial charge in [-0.2, -0.15) is 0 Å². The van der Waals surface area contributed by atoms with Crippen molar-refractivity contribution in [3.8, 4) is 5.75 Å². The molecule has 2 rings (SSSR count). The van der Waals surface area contributed by atoms with Gasteiger partial charge in [0.2, 0.25) is 0 Å². The molecule has 0 fully saturated rings. The van der Waals surface area contributed by atoms with Gasteiger partial charge in [-0.3, -0.25) is 10.1 Å². The lowest BCUT2D eigenvalue weighted by atomic mass is 10.1. The molecular weight excluding hydrogens is 236 g/mol. The molecule has 0 unspecified atom stereocenters. The number of rotatable bonds is 2. The zero-order valence-electron chi connectivity index (χ0n) is 9.52. The van der Waals surface area contributed by atoms with E-state index in [0.29, 0.717) is 21.8 Å². The van der Waals surface area contributed by atoms with E-state index in [2.05, 4.69) is 10.3 Å². The highest BCUT2D eigenvalue weighted by molar-refractivity contribution is 7.13. The number of amides is 1. The minimum Gasteiger partial charge on any atom is -0.507 e. The number of phenols is 1. The van der Waals surface area contributed by atoms with Gasteiger partial charge in [0.15, 0.2) is 5.13 Å². The van der Waals surface area contributed by atoms with E-state index in [1.165, 1.54) is 11.3 Å². The second kappa shape index (κ2) is 4.55. The minimum absolute atomic E-state index is 0.217. The average molecular weight is 248 g/mol. The SMILES string of the molecule is Cc1cc(C(=O)Nc2nccs2)cc(C)c1O. The number of thiazole rings is 1. The number of hydrogen-bond donors (Lipinski definition) is 2. The van der Waals surface area contributed by atoms with Crippen molar-refractivity contribution in [2.45, 2.75) is 13.8 Å². The maximum atomic E-state index is 11.9. The van der Waals surface area contributed by atoms with Crippen LogP contribution in [0.5, 0.6) is 5.75 Å². The topological polar surface area (TPSA) is 62.2 Å². The van der Waals surface area contributed by atoms with Crippen LogP contribution in [0.1, 0.15) is 21.5 Å². The zero-order chi connectivity index (χ0) is 12.4. The molecule has 0 saturated heterocycles. The number of anilines is 1. The minimum atomic E-state index is -0.217. The molecule has 0 aliphatic carbocycles. The van der Waals surface area contributed by atoms with E-state index in [0.717, 1.165) is 0 Å². The van der Waals surface area contributed by atoms with E-state index in [1.54, 1.807) is 37.6 Å². The van der Waals surface area contributed by atoms with Gasteiger partial charge in [-0.15, -0.1) is 11.3 Å². The summed E-state index contributed by atoms with van der Waals surface area (Å²) in [6.45, 7) is 3.53. The monoisotopic (exact) mass is 248 g/mol. The number of nitrogens with one attached hydrogen (secondary N) is 1. The lowest BCUT2D eigenvalue weighted by molar-refractivity contribution is 0.102. The van der Waals surface area contributed by atoms with Crippen molar-refractivity contribution in [2.75, 3.05) is 5.32 Å². The molecule has 0 aliphatic heterocycles. The summed E-state index contributed by atoms with van der Waals surface area (Å²) < 4.78 is 0. The van der Waals surface area contributed by atoms with Crippen LogP contribution in [-0.4, -0.2) is 16.0 Å². The molecule has 0 spiro atoms. The number of aromatic hydroxyl groups is 1. The van der Waals surface area contributed by atoms with Crippen LogP contribution >= 0.6 is 11.3 Å². The smallest absolute Gasteiger partial charge is 0.257 e. The maximum absolute atomic E-state index is 11.9. The number of nitrogens with zero attached hydrogens (tertiary/aromatic N) is 1. The van der Waals surface area contributed by atoms with Gasteiger partial charge in [-0.05, 0) is 37.1 Å². The molecule has 17 heavy (non-hydrogen) atoms. The maximum Gasteiger partial charge on any atom is 0.257 e. The lowest BCUT2D eigenvalue weighted by Crippen LogP contribution is -2.12. The molecule has 88 valence electrons. The summed E-state index contributed by atoms with van der Waals surface area (Å²) in [6.07, 6.45) is 1.63. The molecular formula is C12H12N2O2S. The number of aromatic nitrogens is 1. The Morgan fingerprint density at radius 1 is 1.35 bits per heavy atom. The van der Waals surface area contributed by atoms with Gasteiger partial charge in [0.05, 0.1) is 0 Å². The molecule has 2 aromatic rings. The predicted octanol–water partition coefficient (Wildman–Crippen LogP) is 2.72. The fraction of sp³-hybridized carbons (Fsp3) is 0.167. The summed E-state index contributed by atoms with van der Waals surface area (Å²) in [5.74, 6) is 0.0157. The molecule has 1 aromatic heterocycles. The molecule has 0 saturated carbocycles. The fourth-order valence-electron chi connectivity index (χ4n) is 1.54. The molecule has 1 aromatic carbocycles. The van der Waals surface area contributed by atoms with Crippen LogP contribution in [0.25, 0.3) is 0 Å². The Bertz CT molecular complexity index is 527. The number of carbonyl (C=O) groups excluding carboxylic acids is 1. The summed E-state index contributed by atoms with van der Waals surface area (Å²) in [5, 5.41) is 14.7. The van der Waals surface area contributed by atoms with Gasteiger partial charge in [0, 0.05) is 17.1 Å². The van der Waals surface area contributed by atoms with E-state index in [-0.39, 0.29) is 11.7 Å². The molecule has 0 aliphatic rings. The molecule has 4 nitrogen and oxygen atoms in total. The van der Waals surface area contributed by atoms with E-state index in [4.69, 9.17) is 0 Å². The third-order valence-corrected chi connectivity index (χ3v) is 3.09. The lowest BCUT2D eigenvalue weighted by Gasteiger charge is -2.07. The Morgan fingerprint density at radius 2 is 2.00 bits per heavy atom. The van der Waals surface area contributed by atoms with Crippen LogP contribution < -0.4 is 5.32 Å². The first-order chi connectivity index (χ1) is 8.08. The second-order valence-corrected chi connectivity index (χ2v) is 4.64. The molecule has 1 amide bonds. The van der Waals surface area contributed by atoms with Crippen molar-refractivity contribution >= 4 is 22.4 Å². The van der Waals surface area contributed by atoms with Crippen LogP contribution in [0.15, 0.2) is 23.7 Å². The quantitative estimate of drug-likeness (QED) is 0.859. The van der Waals surface area contributed by atoms with Crippen LogP contribution in [0.3, 0.4) is 0 Å². The van der Waals surface area contributed by atoms with Gasteiger partial charge in [0.1, 0.15) is 5.75 Å². The van der Waals surface area contributed by atoms with Crippen LogP contribution in [0, 0.1) is 13.8 Å². The fourth-order valence-corrected chi connectivity index (χ4v) is 2.07. The van der Waals surface area contributed by atoms with Gasteiger partial charge < -0.3 is 5.11 Å². The van der Waals surface area contributed by atoms with Crippen molar-refractivity contribution in [3.63, 3.8) is 0 Å². The highest BCUT2D eigenvalue weighted by atomic mass is 32.1. The van der Waals surface area contributed by atoms with E-state index >= 15 is 0 Å². The van der Waals surface area contributed by atoms with Crippen molar-refractivity contribution in [1.82, 2.24) is 4.98 Å². The van der Waals surface area contributed by atoms with E-state index < -0.39 is 0 Å². The highest BCUT2D eigenvalue weighted by Gasteiger charge is 2.11. The van der Waals surface area contributed by atoms with Crippen LogP contribution in [-0.2, 0) is 0 Å². The Balaban J connectivity index is 2.26. The zero-order valence-corrected chi connectivity index (χ0v) is 10.3. The third kappa shape index (κ3) is 2.45. The first-order valence-electron chi connectivity index (χ1n) is 5.09. The molecule has 0 atom stereocenters. The molecule has 1 heterocycles. The average Bonchev–Trinajstić information content (AvgIpc) is 2.77. The first-order valence-corrected chi connectivity index (χ1v) is 5.97. The largest absolute Gasteiger partial charge is 0.507 e. The van der Waals surface area contributed by atoms with E-state index in [9.17, 15) is 9.90 Å². The van der Waals surface area contributed by atoms with Crippen LogP contribution in [0.4, 0.5) is 5.13 Å². The van der Waals surface area contributed by atoms with Gasteiger partial charge in [-0.25, -0.2) is 4.98 Å². The Morgan fingerprint density at radius 3 is 2.53 bits per heavy atom. The standard InChI is InChI=1S/C12H12N2O2S/c1-7-5-9(6-8(2)10(7)15)11(16)14-12-13-3-4-17-12/h3-6,15H,1-2H3,(H,13,14,16). The number of phenolic OH excluding ortho intramolecular Hbond substituents is 1. The van der Waals surface area contributed by atoms with Gasteiger partial charge in [-0.1, -0.05) is 0 Å². The summed E-state index contributed by atoms with van der Waals surface area (Å²) in [7, 11) is 0. The predicted molar refractivity (Wildman–Crippen MR) is 67.6 cm³/mol. The number of hydrogen-bond acceptors (Lipinski definition) is 4. The van der Waals surface area contributed by atoms with Crippen molar-refractivity contribution in [3.05, 3.63) is 40.4 Å². The van der Waals surface area contributed by atoms with Crippen molar-refractivity contribution < 1.29 is 9.90 Å². The number of carbonyl (C=O) groups is 1. The van der Waals surface area contributed by atoms with Gasteiger partial charge in [0.25, 0.3) is 5.91 Å². The Kier molecular flexibility index (Phi) is 3.10.